The van der Waals surface area contributed by atoms with Gasteiger partial charge in [0.05, 0.1) is 0 Å². The van der Waals surface area contributed by atoms with Crippen LogP contribution >= 0.6 is 0 Å². The lowest BCUT2D eigenvalue weighted by Gasteiger charge is -2.14. The van der Waals surface area contributed by atoms with Crippen LogP contribution in [0.1, 0.15) is 35.2 Å². The first-order chi connectivity index (χ1) is 11.7. The second-order valence-electron chi connectivity index (χ2n) is 6.55. The molecule has 3 rings (SSSR count). The summed E-state index contributed by atoms with van der Waals surface area (Å²) in [5.74, 6) is 0.0202. The number of nitrogens with zero attached hydrogens (tertiary/aromatic N) is 1. The van der Waals surface area contributed by atoms with Crippen molar-refractivity contribution in [1.82, 2.24) is 10.2 Å². The first kappa shape index (κ1) is 16.7. The predicted molar refractivity (Wildman–Crippen MR) is 99.2 cm³/mol. The van der Waals surface area contributed by atoms with Crippen LogP contribution < -0.4 is 5.32 Å². The Hall–Kier alpha value is -2.13. The van der Waals surface area contributed by atoms with Crippen molar-refractivity contribution in [1.29, 1.82) is 0 Å². The molecule has 3 heteroatoms. The Morgan fingerprint density at radius 1 is 1.08 bits per heavy atom. The van der Waals surface area contributed by atoms with E-state index in [0.29, 0.717) is 0 Å². The van der Waals surface area contributed by atoms with E-state index in [0.717, 1.165) is 30.6 Å². The third-order valence-electron chi connectivity index (χ3n) is 4.72. The summed E-state index contributed by atoms with van der Waals surface area (Å²) in [7, 11) is 0. The lowest BCUT2D eigenvalue weighted by molar-refractivity contribution is 0.0952. The SMILES string of the molecule is Cc1ccccc1-c1cccc(C(=O)NCCCN2CCCC2)c1. The average Bonchev–Trinajstić information content (AvgIpc) is 3.12. The van der Waals surface area contributed by atoms with Crippen molar-refractivity contribution < 1.29 is 4.79 Å². The Kier molecular flexibility index (Phi) is 5.65. The Balaban J connectivity index is 1.57. The molecule has 1 saturated heterocycles. The zero-order chi connectivity index (χ0) is 16.8. The van der Waals surface area contributed by atoms with Crippen molar-refractivity contribution >= 4 is 5.91 Å². The van der Waals surface area contributed by atoms with Crippen molar-refractivity contribution in [3.05, 3.63) is 59.7 Å². The van der Waals surface area contributed by atoms with Gasteiger partial charge in [0.25, 0.3) is 5.91 Å². The van der Waals surface area contributed by atoms with Gasteiger partial charge in [-0.3, -0.25) is 4.79 Å². The lowest BCUT2D eigenvalue weighted by Crippen LogP contribution is -2.28. The Bertz CT molecular complexity index is 690. The zero-order valence-corrected chi connectivity index (χ0v) is 14.4. The van der Waals surface area contributed by atoms with E-state index in [-0.39, 0.29) is 5.91 Å². The number of aryl methyl sites for hydroxylation is 1. The van der Waals surface area contributed by atoms with Crippen LogP contribution in [-0.2, 0) is 0 Å². The van der Waals surface area contributed by atoms with E-state index in [9.17, 15) is 4.79 Å². The van der Waals surface area contributed by atoms with Gasteiger partial charge in [0.2, 0.25) is 0 Å². The van der Waals surface area contributed by atoms with Gasteiger partial charge in [-0.25, -0.2) is 0 Å². The molecule has 0 unspecified atom stereocenters. The van der Waals surface area contributed by atoms with Crippen molar-refractivity contribution in [3.8, 4) is 11.1 Å². The number of carbonyl (C=O) groups is 1. The molecule has 24 heavy (non-hydrogen) atoms. The van der Waals surface area contributed by atoms with Crippen LogP contribution in [0.25, 0.3) is 11.1 Å². The van der Waals surface area contributed by atoms with E-state index in [4.69, 9.17) is 0 Å². The third-order valence-corrected chi connectivity index (χ3v) is 4.72. The van der Waals surface area contributed by atoms with Gasteiger partial charge in [0.15, 0.2) is 0 Å². The molecule has 3 nitrogen and oxygen atoms in total. The molecule has 0 atom stereocenters. The highest BCUT2D eigenvalue weighted by Crippen LogP contribution is 2.23. The second-order valence-corrected chi connectivity index (χ2v) is 6.55. The summed E-state index contributed by atoms with van der Waals surface area (Å²) in [6, 6.07) is 16.2. The number of amides is 1. The number of nitrogens with one attached hydrogen (secondary N) is 1. The molecule has 1 amide bonds. The average molecular weight is 322 g/mol. The van der Waals surface area contributed by atoms with Crippen molar-refractivity contribution in [2.24, 2.45) is 0 Å². The lowest BCUT2D eigenvalue weighted by atomic mass is 9.99. The van der Waals surface area contributed by atoms with Gasteiger partial charge >= 0.3 is 0 Å². The van der Waals surface area contributed by atoms with E-state index >= 15 is 0 Å². The summed E-state index contributed by atoms with van der Waals surface area (Å²) in [4.78, 5) is 14.9. The number of benzene rings is 2. The molecule has 0 bridgehead atoms. The third kappa shape index (κ3) is 4.24. The molecule has 0 aliphatic carbocycles. The number of carbonyl (C=O) groups excluding carboxylic acids is 1. The van der Waals surface area contributed by atoms with Crippen LogP contribution in [0.5, 0.6) is 0 Å². The molecular weight excluding hydrogens is 296 g/mol. The van der Waals surface area contributed by atoms with E-state index in [2.05, 4.69) is 35.3 Å². The fourth-order valence-corrected chi connectivity index (χ4v) is 3.34. The molecule has 0 spiro atoms. The molecule has 2 aromatic carbocycles. The van der Waals surface area contributed by atoms with Crippen LogP contribution in [0, 0.1) is 6.92 Å². The van der Waals surface area contributed by atoms with Gasteiger partial charge in [-0.2, -0.15) is 0 Å². The van der Waals surface area contributed by atoms with E-state index in [1.54, 1.807) is 0 Å². The molecule has 0 radical (unpaired) electrons. The van der Waals surface area contributed by atoms with Crippen LogP contribution in [0.15, 0.2) is 48.5 Å². The summed E-state index contributed by atoms with van der Waals surface area (Å²) in [6.45, 7) is 6.35. The highest BCUT2D eigenvalue weighted by Gasteiger charge is 2.11. The van der Waals surface area contributed by atoms with Crippen LogP contribution in [0.3, 0.4) is 0 Å². The minimum atomic E-state index is 0.0202. The molecule has 126 valence electrons. The van der Waals surface area contributed by atoms with Gasteiger partial charge < -0.3 is 10.2 Å². The van der Waals surface area contributed by atoms with E-state index < -0.39 is 0 Å². The monoisotopic (exact) mass is 322 g/mol. The first-order valence-corrected chi connectivity index (χ1v) is 8.91. The minimum Gasteiger partial charge on any atom is -0.352 e. The van der Waals surface area contributed by atoms with Crippen molar-refractivity contribution in [3.63, 3.8) is 0 Å². The molecule has 0 aromatic heterocycles. The standard InChI is InChI=1S/C21H26N2O/c1-17-8-2-3-11-20(17)18-9-6-10-19(16-18)21(24)22-12-7-15-23-13-4-5-14-23/h2-3,6,8-11,16H,4-5,7,12-15H2,1H3,(H,22,24). The molecule has 1 aliphatic rings. The highest BCUT2D eigenvalue weighted by molar-refractivity contribution is 5.95. The number of rotatable bonds is 6. The van der Waals surface area contributed by atoms with Gasteiger partial charge in [-0.1, -0.05) is 36.4 Å². The second kappa shape index (κ2) is 8.11. The maximum atomic E-state index is 12.4. The van der Waals surface area contributed by atoms with Crippen LogP contribution in [0.4, 0.5) is 0 Å². The summed E-state index contributed by atoms with van der Waals surface area (Å²) in [5.41, 5.74) is 4.23. The first-order valence-electron chi connectivity index (χ1n) is 8.91. The molecule has 1 heterocycles. The van der Waals surface area contributed by atoms with E-state index in [1.165, 1.54) is 37.1 Å². The summed E-state index contributed by atoms with van der Waals surface area (Å²) in [5, 5.41) is 3.05. The predicted octanol–water partition coefficient (Wildman–Crippen LogP) is 3.88. The molecule has 1 fully saturated rings. The fraction of sp³-hybridized carbons (Fsp3) is 0.381. The highest BCUT2D eigenvalue weighted by atomic mass is 16.1. The van der Waals surface area contributed by atoms with E-state index in [1.807, 2.05) is 30.3 Å². The summed E-state index contributed by atoms with van der Waals surface area (Å²) < 4.78 is 0. The normalized spacial score (nSPS) is 14.7. The zero-order valence-electron chi connectivity index (χ0n) is 14.4. The smallest absolute Gasteiger partial charge is 0.251 e. The fourth-order valence-electron chi connectivity index (χ4n) is 3.34. The quantitative estimate of drug-likeness (QED) is 0.819. The molecular formula is C21H26N2O. The topological polar surface area (TPSA) is 32.3 Å². The van der Waals surface area contributed by atoms with Crippen molar-refractivity contribution in [2.75, 3.05) is 26.2 Å². The number of hydrogen-bond donors (Lipinski definition) is 1. The maximum absolute atomic E-state index is 12.4. The largest absolute Gasteiger partial charge is 0.352 e. The Labute approximate surface area is 144 Å². The molecule has 2 aromatic rings. The van der Waals surface area contributed by atoms with Gasteiger partial charge in [0, 0.05) is 12.1 Å². The Morgan fingerprint density at radius 3 is 2.67 bits per heavy atom. The minimum absolute atomic E-state index is 0.0202. The van der Waals surface area contributed by atoms with Crippen LogP contribution in [-0.4, -0.2) is 37.0 Å². The molecule has 1 aliphatic heterocycles. The van der Waals surface area contributed by atoms with Crippen molar-refractivity contribution in [2.45, 2.75) is 26.2 Å². The maximum Gasteiger partial charge on any atom is 0.251 e. The molecule has 1 N–H and O–H groups in total. The summed E-state index contributed by atoms with van der Waals surface area (Å²) in [6.07, 6.45) is 3.65. The van der Waals surface area contributed by atoms with Gasteiger partial charge in [-0.15, -0.1) is 0 Å². The summed E-state index contributed by atoms with van der Waals surface area (Å²) >= 11 is 0. The van der Waals surface area contributed by atoms with Gasteiger partial charge in [0.1, 0.15) is 0 Å². The van der Waals surface area contributed by atoms with Gasteiger partial charge in [-0.05, 0) is 74.6 Å². The molecule has 0 saturated carbocycles. The number of hydrogen-bond acceptors (Lipinski definition) is 2. The Morgan fingerprint density at radius 2 is 1.88 bits per heavy atom. The van der Waals surface area contributed by atoms with Crippen LogP contribution in [0.2, 0.25) is 0 Å². The number of likely N-dealkylation sites (tertiary alicyclic amines) is 1.